The quantitative estimate of drug-likeness (QED) is 0.756. The Morgan fingerprint density at radius 1 is 1.04 bits per heavy atom. The third-order valence-electron chi connectivity index (χ3n) is 4.57. The second-order valence-corrected chi connectivity index (χ2v) is 6.54. The highest BCUT2D eigenvalue weighted by molar-refractivity contribution is 5.93. The van der Waals surface area contributed by atoms with Crippen molar-refractivity contribution in [2.45, 2.75) is 19.4 Å². The number of carbonyl (C=O) groups is 1. The van der Waals surface area contributed by atoms with Crippen LogP contribution in [0.2, 0.25) is 0 Å². The summed E-state index contributed by atoms with van der Waals surface area (Å²) in [7, 11) is 0. The molecule has 0 saturated carbocycles. The van der Waals surface area contributed by atoms with Crippen LogP contribution in [0.1, 0.15) is 28.9 Å². The first-order valence-corrected chi connectivity index (χ1v) is 9.16. The summed E-state index contributed by atoms with van der Waals surface area (Å²) in [5, 5.41) is 3.30. The number of likely N-dealkylation sites (tertiary alicyclic amines) is 1. The second kappa shape index (κ2) is 7.95. The molecule has 1 amide bonds. The van der Waals surface area contributed by atoms with Crippen molar-refractivity contribution in [3.63, 3.8) is 0 Å². The second-order valence-electron chi connectivity index (χ2n) is 6.54. The Kier molecular flexibility index (Phi) is 5.05. The van der Waals surface area contributed by atoms with E-state index in [-0.39, 0.29) is 5.91 Å². The van der Waals surface area contributed by atoms with Crippen molar-refractivity contribution in [2.24, 2.45) is 0 Å². The maximum atomic E-state index is 12.9. The molecule has 0 aliphatic carbocycles. The van der Waals surface area contributed by atoms with Crippen LogP contribution in [0.25, 0.3) is 11.4 Å². The average Bonchev–Trinajstić information content (AvgIpc) is 3.28. The first-order chi connectivity index (χ1) is 13.3. The van der Waals surface area contributed by atoms with Crippen molar-refractivity contribution in [3.05, 3.63) is 72.2 Å². The minimum atomic E-state index is -0.0310. The molecule has 6 heteroatoms. The van der Waals surface area contributed by atoms with Crippen molar-refractivity contribution in [1.29, 1.82) is 0 Å². The molecule has 6 nitrogen and oxygen atoms in total. The number of benzene rings is 1. The lowest BCUT2D eigenvalue weighted by Crippen LogP contribution is -2.28. The third kappa shape index (κ3) is 4.11. The molecule has 0 bridgehead atoms. The van der Waals surface area contributed by atoms with Gasteiger partial charge in [0.15, 0.2) is 5.82 Å². The number of hydrogen-bond donors (Lipinski definition) is 1. The van der Waals surface area contributed by atoms with Gasteiger partial charge in [-0.2, -0.15) is 0 Å². The number of amides is 1. The van der Waals surface area contributed by atoms with Crippen molar-refractivity contribution in [1.82, 2.24) is 19.9 Å². The maximum absolute atomic E-state index is 12.9. The fourth-order valence-corrected chi connectivity index (χ4v) is 3.14. The van der Waals surface area contributed by atoms with Crippen LogP contribution in [0.3, 0.4) is 0 Å². The summed E-state index contributed by atoms with van der Waals surface area (Å²) in [6.07, 6.45) is 5.65. The molecule has 1 N–H and O–H groups in total. The summed E-state index contributed by atoms with van der Waals surface area (Å²) in [6.45, 7) is 2.17. The highest BCUT2D eigenvalue weighted by Gasteiger charge is 2.22. The number of rotatable bonds is 5. The molecule has 1 aliphatic heterocycles. The van der Waals surface area contributed by atoms with Gasteiger partial charge in [-0.15, -0.1) is 0 Å². The summed E-state index contributed by atoms with van der Waals surface area (Å²) >= 11 is 0. The fourth-order valence-electron chi connectivity index (χ4n) is 3.14. The lowest BCUT2D eigenvalue weighted by Gasteiger charge is -2.16. The summed E-state index contributed by atoms with van der Waals surface area (Å²) in [4.78, 5) is 28.0. The predicted molar refractivity (Wildman–Crippen MR) is 104 cm³/mol. The predicted octanol–water partition coefficient (Wildman–Crippen LogP) is 3.39. The van der Waals surface area contributed by atoms with E-state index in [0.717, 1.165) is 37.1 Å². The third-order valence-corrected chi connectivity index (χ3v) is 4.57. The van der Waals surface area contributed by atoms with Crippen molar-refractivity contribution in [3.8, 4) is 11.4 Å². The molecule has 1 saturated heterocycles. The standard InChI is InChI=1S/C21H21N5O/c27-21(26-11-4-5-12-26)18-13-19(23-15-16-7-6-10-22-14-16)25-20(24-18)17-8-2-1-3-9-17/h1-3,6-10,13-14H,4-5,11-12,15H2,(H,23,24,25). The summed E-state index contributed by atoms with van der Waals surface area (Å²) < 4.78 is 0. The molecule has 2 aromatic heterocycles. The Bertz CT molecular complexity index is 908. The van der Waals surface area contributed by atoms with Crippen molar-refractivity contribution >= 4 is 11.7 Å². The number of nitrogens with zero attached hydrogens (tertiary/aromatic N) is 4. The maximum Gasteiger partial charge on any atom is 0.272 e. The molecule has 0 atom stereocenters. The van der Waals surface area contributed by atoms with Gasteiger partial charge in [-0.25, -0.2) is 9.97 Å². The van der Waals surface area contributed by atoms with E-state index in [4.69, 9.17) is 0 Å². The molecule has 0 spiro atoms. The number of anilines is 1. The molecule has 0 unspecified atom stereocenters. The van der Waals surface area contributed by atoms with Crippen LogP contribution in [0.5, 0.6) is 0 Å². The van der Waals surface area contributed by atoms with Gasteiger partial charge in [0.1, 0.15) is 11.5 Å². The van der Waals surface area contributed by atoms with E-state index >= 15 is 0 Å². The van der Waals surface area contributed by atoms with Crippen LogP contribution in [-0.2, 0) is 6.54 Å². The molecule has 4 rings (SSSR count). The molecule has 3 aromatic rings. The summed E-state index contributed by atoms with van der Waals surface area (Å²) in [5.41, 5.74) is 2.36. The van der Waals surface area contributed by atoms with Crippen LogP contribution >= 0.6 is 0 Å². The van der Waals surface area contributed by atoms with Gasteiger partial charge in [-0.05, 0) is 24.5 Å². The Morgan fingerprint density at radius 3 is 2.59 bits per heavy atom. The zero-order chi connectivity index (χ0) is 18.5. The van der Waals surface area contributed by atoms with Crippen molar-refractivity contribution < 1.29 is 4.79 Å². The molecular weight excluding hydrogens is 338 g/mol. The molecule has 136 valence electrons. The van der Waals surface area contributed by atoms with Gasteiger partial charge < -0.3 is 10.2 Å². The summed E-state index contributed by atoms with van der Waals surface area (Å²) in [5.74, 6) is 1.15. The SMILES string of the molecule is O=C(c1cc(NCc2cccnc2)nc(-c2ccccc2)n1)N1CCCC1. The minimum absolute atomic E-state index is 0.0310. The highest BCUT2D eigenvalue weighted by Crippen LogP contribution is 2.20. The Hall–Kier alpha value is -3.28. The molecule has 0 radical (unpaired) electrons. The number of hydrogen-bond acceptors (Lipinski definition) is 5. The van der Waals surface area contributed by atoms with Gasteiger partial charge in [0.2, 0.25) is 0 Å². The number of pyridine rings is 1. The lowest BCUT2D eigenvalue weighted by atomic mass is 10.2. The van der Waals surface area contributed by atoms with Crippen LogP contribution in [0.4, 0.5) is 5.82 Å². The monoisotopic (exact) mass is 359 g/mol. The van der Waals surface area contributed by atoms with Crippen LogP contribution in [0.15, 0.2) is 60.9 Å². The van der Waals surface area contributed by atoms with Gasteiger partial charge in [0.25, 0.3) is 5.91 Å². The molecule has 1 fully saturated rings. The van der Waals surface area contributed by atoms with E-state index in [9.17, 15) is 4.79 Å². The summed E-state index contributed by atoms with van der Waals surface area (Å²) in [6, 6.07) is 15.4. The zero-order valence-electron chi connectivity index (χ0n) is 15.0. The van der Waals surface area contributed by atoms with Gasteiger partial charge in [0, 0.05) is 43.7 Å². The van der Waals surface area contributed by atoms with E-state index in [1.54, 1.807) is 12.3 Å². The number of nitrogens with one attached hydrogen (secondary N) is 1. The van der Waals surface area contributed by atoms with Gasteiger partial charge in [-0.1, -0.05) is 36.4 Å². The number of carbonyl (C=O) groups excluding carboxylic acids is 1. The Labute approximate surface area is 158 Å². The molecule has 3 heterocycles. The van der Waals surface area contributed by atoms with Crippen LogP contribution in [-0.4, -0.2) is 38.8 Å². The Morgan fingerprint density at radius 2 is 1.85 bits per heavy atom. The lowest BCUT2D eigenvalue weighted by molar-refractivity contribution is 0.0787. The minimum Gasteiger partial charge on any atom is -0.366 e. The molecule has 1 aromatic carbocycles. The van der Waals surface area contributed by atoms with E-state index in [0.29, 0.717) is 23.9 Å². The zero-order valence-corrected chi connectivity index (χ0v) is 15.0. The van der Waals surface area contributed by atoms with Gasteiger partial charge in [0.05, 0.1) is 0 Å². The van der Waals surface area contributed by atoms with Crippen molar-refractivity contribution in [2.75, 3.05) is 18.4 Å². The van der Waals surface area contributed by atoms with Gasteiger partial charge in [-0.3, -0.25) is 9.78 Å². The van der Waals surface area contributed by atoms with E-state index < -0.39 is 0 Å². The van der Waals surface area contributed by atoms with E-state index in [2.05, 4.69) is 20.3 Å². The molecule has 1 aliphatic rings. The Balaban J connectivity index is 1.64. The van der Waals surface area contributed by atoms with E-state index in [1.807, 2.05) is 53.6 Å². The molecular formula is C21H21N5O. The first kappa shape index (κ1) is 17.1. The average molecular weight is 359 g/mol. The fraction of sp³-hybridized carbons (Fsp3) is 0.238. The van der Waals surface area contributed by atoms with E-state index in [1.165, 1.54) is 0 Å². The number of aromatic nitrogens is 3. The van der Waals surface area contributed by atoms with Crippen LogP contribution < -0.4 is 5.32 Å². The first-order valence-electron chi connectivity index (χ1n) is 9.16. The largest absolute Gasteiger partial charge is 0.366 e. The topological polar surface area (TPSA) is 71.0 Å². The molecule has 27 heavy (non-hydrogen) atoms. The smallest absolute Gasteiger partial charge is 0.272 e. The highest BCUT2D eigenvalue weighted by atomic mass is 16.2. The normalized spacial score (nSPS) is 13.6. The van der Waals surface area contributed by atoms with Gasteiger partial charge >= 0.3 is 0 Å². The van der Waals surface area contributed by atoms with Crippen LogP contribution in [0, 0.1) is 0 Å².